The van der Waals surface area contributed by atoms with E-state index in [4.69, 9.17) is 14.8 Å². The highest BCUT2D eigenvalue weighted by molar-refractivity contribution is 5.96. The van der Waals surface area contributed by atoms with Crippen molar-refractivity contribution in [3.8, 4) is 34.1 Å². The summed E-state index contributed by atoms with van der Waals surface area (Å²) in [7, 11) is 1.58. The van der Waals surface area contributed by atoms with Crippen molar-refractivity contribution in [2.75, 3.05) is 13.7 Å². The summed E-state index contributed by atoms with van der Waals surface area (Å²) < 4.78 is 5.42. The maximum atomic E-state index is 9.72. The summed E-state index contributed by atoms with van der Waals surface area (Å²) >= 11 is 0. The van der Waals surface area contributed by atoms with E-state index in [1.807, 2.05) is 42.5 Å². The first-order valence-electron chi connectivity index (χ1n) is 10.1. The lowest BCUT2D eigenvalue weighted by molar-refractivity contribution is 0.288. The summed E-state index contributed by atoms with van der Waals surface area (Å²) in [6.07, 6.45) is 1.48. The van der Waals surface area contributed by atoms with Crippen LogP contribution < -0.4 is 4.74 Å². The third kappa shape index (κ3) is 3.39. The lowest BCUT2D eigenvalue weighted by Gasteiger charge is -2.09. The Morgan fingerprint density at radius 3 is 2.77 bits per heavy atom. The van der Waals surface area contributed by atoms with Gasteiger partial charge in [-0.2, -0.15) is 5.10 Å². The van der Waals surface area contributed by atoms with Crippen LogP contribution in [0.15, 0.2) is 54.6 Å². The van der Waals surface area contributed by atoms with Crippen LogP contribution in [0.1, 0.15) is 12.0 Å². The lowest BCUT2D eigenvalue weighted by atomic mass is 10.0. The molecule has 0 spiro atoms. The minimum Gasteiger partial charge on any atom is -0.508 e. The molecule has 5 rings (SSSR count). The first-order valence-corrected chi connectivity index (χ1v) is 10.1. The summed E-state index contributed by atoms with van der Waals surface area (Å²) in [4.78, 5) is 8.18. The Bertz CT molecular complexity index is 1390. The number of fused-ring (bicyclic) bond motifs is 2. The van der Waals surface area contributed by atoms with Crippen LogP contribution in [0.3, 0.4) is 0 Å². The molecule has 0 amide bonds. The number of benzene rings is 3. The van der Waals surface area contributed by atoms with Crippen molar-refractivity contribution < 1.29 is 14.9 Å². The quantitative estimate of drug-likeness (QED) is 0.329. The summed E-state index contributed by atoms with van der Waals surface area (Å²) in [6, 6.07) is 17.1. The first-order chi connectivity index (χ1) is 15.2. The number of aryl methyl sites for hydroxylation is 1. The zero-order valence-corrected chi connectivity index (χ0v) is 17.0. The molecule has 31 heavy (non-hydrogen) atoms. The number of phenols is 1. The fraction of sp³-hybridized carbons (Fsp3) is 0.167. The van der Waals surface area contributed by atoms with Crippen molar-refractivity contribution in [1.29, 1.82) is 0 Å². The van der Waals surface area contributed by atoms with Gasteiger partial charge in [-0.25, -0.2) is 4.98 Å². The van der Waals surface area contributed by atoms with Crippen molar-refractivity contribution in [3.05, 3.63) is 60.2 Å². The summed E-state index contributed by atoms with van der Waals surface area (Å²) in [5, 5.41) is 27.5. The number of para-hydroxylation sites is 1. The molecule has 0 aliphatic rings. The first kappa shape index (κ1) is 19.1. The minimum absolute atomic E-state index is 0.159. The molecule has 3 aromatic carbocycles. The van der Waals surface area contributed by atoms with E-state index in [0.717, 1.165) is 50.7 Å². The smallest absolute Gasteiger partial charge is 0.159 e. The molecular formula is C24H22N4O3. The number of methoxy groups -OCH3 is 1. The number of ether oxygens (including phenoxy) is 1. The van der Waals surface area contributed by atoms with Crippen LogP contribution in [0.4, 0.5) is 0 Å². The van der Waals surface area contributed by atoms with Crippen molar-refractivity contribution in [1.82, 2.24) is 20.2 Å². The molecule has 0 bridgehead atoms. The molecule has 0 aliphatic carbocycles. The van der Waals surface area contributed by atoms with E-state index in [-0.39, 0.29) is 12.4 Å². The highest BCUT2D eigenvalue weighted by atomic mass is 16.5. The number of aliphatic hydroxyl groups excluding tert-OH is 1. The van der Waals surface area contributed by atoms with E-state index < -0.39 is 0 Å². The number of H-pyrrole nitrogens is 2. The average molecular weight is 414 g/mol. The largest absolute Gasteiger partial charge is 0.508 e. The van der Waals surface area contributed by atoms with Gasteiger partial charge >= 0.3 is 0 Å². The van der Waals surface area contributed by atoms with Crippen LogP contribution in [0.5, 0.6) is 11.5 Å². The topological polar surface area (TPSA) is 107 Å². The fourth-order valence-corrected chi connectivity index (χ4v) is 3.96. The molecule has 0 aliphatic heterocycles. The normalized spacial score (nSPS) is 11.4. The van der Waals surface area contributed by atoms with Gasteiger partial charge in [-0.3, -0.25) is 5.10 Å². The molecular weight excluding hydrogens is 392 g/mol. The lowest BCUT2D eigenvalue weighted by Crippen LogP contribution is -1.90. The van der Waals surface area contributed by atoms with E-state index in [9.17, 15) is 5.11 Å². The molecule has 7 nitrogen and oxygen atoms in total. The van der Waals surface area contributed by atoms with Crippen LogP contribution in [-0.4, -0.2) is 44.1 Å². The van der Waals surface area contributed by atoms with Gasteiger partial charge < -0.3 is 19.9 Å². The van der Waals surface area contributed by atoms with E-state index in [2.05, 4.69) is 15.2 Å². The van der Waals surface area contributed by atoms with Crippen molar-refractivity contribution in [2.24, 2.45) is 0 Å². The second-order valence-electron chi connectivity index (χ2n) is 7.44. The van der Waals surface area contributed by atoms with Crippen LogP contribution in [0.25, 0.3) is 44.6 Å². The van der Waals surface area contributed by atoms with Gasteiger partial charge in [0.05, 0.1) is 23.7 Å². The number of aromatic amines is 2. The Hall–Kier alpha value is -3.84. The van der Waals surface area contributed by atoms with Gasteiger partial charge in [0.15, 0.2) is 5.82 Å². The van der Waals surface area contributed by atoms with E-state index in [1.165, 1.54) is 0 Å². The van der Waals surface area contributed by atoms with Gasteiger partial charge in [0.1, 0.15) is 17.2 Å². The Balaban J connectivity index is 1.57. The standard InChI is InChI=1S/C24H22N4O3/c1-31-21-13-16(30)8-10-17(21)15-7-9-18-20(12-15)27-28-23(18)24-25-19-6-2-4-14(5-3-11-29)22(19)26-24/h2,4,6-10,12-13,29-30H,3,5,11H2,1H3,(H,25,26)(H,27,28). The van der Waals surface area contributed by atoms with E-state index in [1.54, 1.807) is 19.2 Å². The van der Waals surface area contributed by atoms with Gasteiger partial charge in [-0.05, 0) is 54.3 Å². The Kier molecular flexibility index (Phi) is 4.80. The molecule has 0 radical (unpaired) electrons. The third-order valence-electron chi connectivity index (χ3n) is 5.48. The average Bonchev–Trinajstić information content (AvgIpc) is 3.41. The zero-order chi connectivity index (χ0) is 21.4. The van der Waals surface area contributed by atoms with E-state index in [0.29, 0.717) is 18.0 Å². The van der Waals surface area contributed by atoms with Gasteiger partial charge in [0.25, 0.3) is 0 Å². The van der Waals surface area contributed by atoms with Gasteiger partial charge in [0, 0.05) is 23.6 Å². The van der Waals surface area contributed by atoms with Crippen molar-refractivity contribution in [3.63, 3.8) is 0 Å². The monoisotopic (exact) mass is 414 g/mol. The number of nitrogens with zero attached hydrogens (tertiary/aromatic N) is 2. The Morgan fingerprint density at radius 2 is 1.94 bits per heavy atom. The highest BCUT2D eigenvalue weighted by Gasteiger charge is 2.15. The van der Waals surface area contributed by atoms with Crippen molar-refractivity contribution >= 4 is 21.9 Å². The fourth-order valence-electron chi connectivity index (χ4n) is 3.96. The second-order valence-corrected chi connectivity index (χ2v) is 7.44. The van der Waals surface area contributed by atoms with Crippen LogP contribution in [0, 0.1) is 0 Å². The maximum Gasteiger partial charge on any atom is 0.159 e. The number of imidazole rings is 1. The molecule has 0 saturated heterocycles. The van der Waals surface area contributed by atoms with Crippen LogP contribution in [0.2, 0.25) is 0 Å². The number of nitrogens with one attached hydrogen (secondary N) is 2. The zero-order valence-electron chi connectivity index (χ0n) is 17.0. The van der Waals surface area contributed by atoms with Crippen LogP contribution >= 0.6 is 0 Å². The number of rotatable bonds is 6. The number of phenolic OH excluding ortho intramolecular Hbond substituents is 1. The Morgan fingerprint density at radius 1 is 1.03 bits per heavy atom. The predicted octanol–water partition coefficient (Wildman–Crippen LogP) is 4.41. The SMILES string of the molecule is COc1cc(O)ccc1-c1ccc2c(-c3nc4c(CCCO)cccc4[nH]3)n[nH]c2c1. The molecule has 4 N–H and O–H groups in total. The van der Waals surface area contributed by atoms with E-state index >= 15 is 0 Å². The molecule has 156 valence electrons. The van der Waals surface area contributed by atoms with Gasteiger partial charge in [0.2, 0.25) is 0 Å². The number of hydrogen-bond donors (Lipinski definition) is 4. The van der Waals surface area contributed by atoms with Crippen LogP contribution in [-0.2, 0) is 6.42 Å². The van der Waals surface area contributed by atoms with Gasteiger partial charge in [-0.1, -0.05) is 18.2 Å². The molecule has 2 aromatic heterocycles. The second kappa shape index (κ2) is 7.77. The molecule has 0 fully saturated rings. The molecule has 2 heterocycles. The summed E-state index contributed by atoms with van der Waals surface area (Å²) in [6.45, 7) is 0.159. The number of aromatic hydroxyl groups is 1. The minimum atomic E-state index is 0.159. The molecule has 0 unspecified atom stereocenters. The maximum absolute atomic E-state index is 9.72. The number of hydrogen-bond acceptors (Lipinski definition) is 5. The number of aromatic nitrogens is 4. The summed E-state index contributed by atoms with van der Waals surface area (Å²) in [5.41, 5.74) is 6.44. The third-order valence-corrected chi connectivity index (χ3v) is 5.48. The Labute approximate surface area is 178 Å². The predicted molar refractivity (Wildman–Crippen MR) is 120 cm³/mol. The number of aliphatic hydroxyl groups is 1. The molecule has 7 heteroatoms. The van der Waals surface area contributed by atoms with Crippen molar-refractivity contribution in [2.45, 2.75) is 12.8 Å². The highest BCUT2D eigenvalue weighted by Crippen LogP contribution is 2.35. The molecule has 0 saturated carbocycles. The molecule has 0 atom stereocenters. The molecule has 5 aromatic rings. The van der Waals surface area contributed by atoms with Gasteiger partial charge in [-0.15, -0.1) is 0 Å². The summed E-state index contributed by atoms with van der Waals surface area (Å²) in [5.74, 6) is 1.47.